The van der Waals surface area contributed by atoms with E-state index >= 15 is 0 Å². The smallest absolute Gasteiger partial charge is 0.303 e. The number of aromatic nitrogens is 2. The van der Waals surface area contributed by atoms with Gasteiger partial charge in [0.1, 0.15) is 0 Å². The molecule has 110 valence electrons. The second-order valence-corrected chi connectivity index (χ2v) is 5.69. The van der Waals surface area contributed by atoms with Gasteiger partial charge >= 0.3 is 5.97 Å². The Morgan fingerprint density at radius 2 is 2.05 bits per heavy atom. The van der Waals surface area contributed by atoms with Crippen molar-refractivity contribution in [3.8, 4) is 0 Å². The molecular formula is C14H21N3O3. The van der Waals surface area contributed by atoms with Crippen LogP contribution in [0, 0.1) is 5.41 Å². The number of hydrogen-bond acceptors (Lipinski definition) is 3. The van der Waals surface area contributed by atoms with Gasteiger partial charge in [-0.25, -0.2) is 0 Å². The van der Waals surface area contributed by atoms with Crippen molar-refractivity contribution in [3.63, 3.8) is 0 Å². The van der Waals surface area contributed by atoms with E-state index in [0.29, 0.717) is 13.0 Å². The maximum absolute atomic E-state index is 12.1. The molecule has 6 nitrogen and oxygen atoms in total. The Kier molecular flexibility index (Phi) is 4.76. The Morgan fingerprint density at radius 3 is 2.65 bits per heavy atom. The first kappa shape index (κ1) is 14.6. The number of hydrogen-bond donors (Lipinski definition) is 3. The molecule has 0 aliphatic heterocycles. The number of nitrogens with zero attached hydrogens (tertiary/aromatic N) is 1. The van der Waals surface area contributed by atoms with Crippen molar-refractivity contribution >= 4 is 11.9 Å². The maximum Gasteiger partial charge on any atom is 0.303 e. The molecule has 0 radical (unpaired) electrons. The van der Waals surface area contributed by atoms with E-state index in [2.05, 4.69) is 15.5 Å². The van der Waals surface area contributed by atoms with E-state index in [4.69, 9.17) is 5.11 Å². The van der Waals surface area contributed by atoms with Crippen LogP contribution < -0.4 is 5.32 Å². The molecule has 0 atom stereocenters. The Balaban J connectivity index is 1.89. The second-order valence-electron chi connectivity index (χ2n) is 5.69. The molecule has 1 amide bonds. The summed E-state index contributed by atoms with van der Waals surface area (Å²) in [5, 5.41) is 18.4. The largest absolute Gasteiger partial charge is 0.481 e. The van der Waals surface area contributed by atoms with Gasteiger partial charge in [0, 0.05) is 24.7 Å². The van der Waals surface area contributed by atoms with Gasteiger partial charge in [0.15, 0.2) is 0 Å². The molecule has 20 heavy (non-hydrogen) atoms. The summed E-state index contributed by atoms with van der Waals surface area (Å²) in [4.78, 5) is 23.1. The Morgan fingerprint density at radius 1 is 1.30 bits per heavy atom. The number of nitrogens with one attached hydrogen (secondary N) is 2. The lowest BCUT2D eigenvalue weighted by Gasteiger charge is -2.35. The zero-order valence-electron chi connectivity index (χ0n) is 11.5. The SMILES string of the molecule is O=C(O)CC1(CC(=O)NCc2cn[nH]c2)CCCCC1. The number of aromatic amines is 1. The molecule has 3 N–H and O–H groups in total. The van der Waals surface area contributed by atoms with Gasteiger partial charge in [-0.1, -0.05) is 19.3 Å². The zero-order valence-corrected chi connectivity index (χ0v) is 11.5. The van der Waals surface area contributed by atoms with Gasteiger partial charge < -0.3 is 10.4 Å². The number of rotatable bonds is 6. The number of carbonyl (C=O) groups excluding carboxylic acids is 1. The predicted octanol–water partition coefficient (Wildman–Crippen LogP) is 1.84. The van der Waals surface area contributed by atoms with Crippen LogP contribution >= 0.6 is 0 Å². The average Bonchev–Trinajstić information content (AvgIpc) is 2.89. The predicted molar refractivity (Wildman–Crippen MR) is 72.8 cm³/mol. The molecule has 1 heterocycles. The molecule has 1 aromatic rings. The Bertz CT molecular complexity index is 450. The quantitative estimate of drug-likeness (QED) is 0.740. The first-order chi connectivity index (χ1) is 9.60. The lowest BCUT2D eigenvalue weighted by atomic mass is 9.69. The topological polar surface area (TPSA) is 95.1 Å². The van der Waals surface area contributed by atoms with Gasteiger partial charge in [-0.3, -0.25) is 14.7 Å². The van der Waals surface area contributed by atoms with Crippen molar-refractivity contribution in [2.24, 2.45) is 5.41 Å². The number of carbonyl (C=O) groups is 2. The molecule has 0 bridgehead atoms. The van der Waals surface area contributed by atoms with Crippen LogP contribution in [0.3, 0.4) is 0 Å². The van der Waals surface area contributed by atoms with Crippen LogP contribution in [0.25, 0.3) is 0 Å². The molecule has 0 aromatic carbocycles. The van der Waals surface area contributed by atoms with Crippen LogP contribution in [-0.4, -0.2) is 27.2 Å². The minimum atomic E-state index is -0.811. The molecule has 0 spiro atoms. The van der Waals surface area contributed by atoms with Crippen LogP contribution in [0.2, 0.25) is 0 Å². The molecule has 1 aromatic heterocycles. The van der Waals surface area contributed by atoms with Crippen LogP contribution in [0.5, 0.6) is 0 Å². The minimum Gasteiger partial charge on any atom is -0.481 e. The molecule has 1 fully saturated rings. The van der Waals surface area contributed by atoms with Crippen molar-refractivity contribution in [1.82, 2.24) is 15.5 Å². The van der Waals surface area contributed by atoms with Crippen LogP contribution in [0.15, 0.2) is 12.4 Å². The number of carboxylic acids is 1. The lowest BCUT2D eigenvalue weighted by Crippen LogP contribution is -2.34. The van der Waals surface area contributed by atoms with Crippen molar-refractivity contribution in [1.29, 1.82) is 0 Å². The normalized spacial score (nSPS) is 17.6. The molecule has 0 saturated heterocycles. The van der Waals surface area contributed by atoms with Gasteiger partial charge in [-0.05, 0) is 18.3 Å². The van der Waals surface area contributed by atoms with Gasteiger partial charge in [-0.2, -0.15) is 5.10 Å². The van der Waals surface area contributed by atoms with E-state index in [-0.39, 0.29) is 17.7 Å². The van der Waals surface area contributed by atoms with Crippen molar-refractivity contribution < 1.29 is 14.7 Å². The van der Waals surface area contributed by atoms with Crippen LogP contribution in [0.4, 0.5) is 0 Å². The number of amides is 1. The molecule has 0 unspecified atom stereocenters. The standard InChI is InChI=1S/C14H21N3O3/c18-12(15-8-11-9-16-17-10-11)6-14(7-13(19)20)4-2-1-3-5-14/h9-10H,1-8H2,(H,15,18)(H,16,17)(H,19,20). The number of H-pyrrole nitrogens is 1. The average molecular weight is 279 g/mol. The van der Waals surface area contributed by atoms with Gasteiger partial charge in [-0.15, -0.1) is 0 Å². The van der Waals surface area contributed by atoms with Gasteiger partial charge in [0.25, 0.3) is 0 Å². The highest BCUT2D eigenvalue weighted by atomic mass is 16.4. The van der Waals surface area contributed by atoms with Gasteiger partial charge in [0.05, 0.1) is 12.6 Å². The summed E-state index contributed by atoms with van der Waals surface area (Å²) in [5.74, 6) is -0.885. The monoisotopic (exact) mass is 279 g/mol. The second kappa shape index (κ2) is 6.54. The molecule has 1 saturated carbocycles. The third-order valence-corrected chi connectivity index (χ3v) is 4.02. The molecule has 6 heteroatoms. The highest BCUT2D eigenvalue weighted by Crippen LogP contribution is 2.42. The Hall–Kier alpha value is -1.85. The first-order valence-corrected chi connectivity index (χ1v) is 7.06. The summed E-state index contributed by atoms with van der Waals surface area (Å²) in [6.45, 7) is 0.429. The number of aliphatic carboxylic acids is 1. The summed E-state index contributed by atoms with van der Waals surface area (Å²) in [7, 11) is 0. The third kappa shape index (κ3) is 4.08. The van der Waals surface area contributed by atoms with Crippen LogP contribution in [-0.2, 0) is 16.1 Å². The fraction of sp³-hybridized carbons (Fsp3) is 0.643. The maximum atomic E-state index is 12.1. The fourth-order valence-electron chi connectivity index (χ4n) is 3.02. The van der Waals surface area contributed by atoms with Crippen molar-refractivity contribution in [2.45, 2.75) is 51.5 Å². The fourth-order valence-corrected chi connectivity index (χ4v) is 3.02. The molecule has 1 aliphatic rings. The summed E-state index contributed by atoms with van der Waals surface area (Å²) in [6.07, 6.45) is 8.62. The highest BCUT2D eigenvalue weighted by Gasteiger charge is 2.36. The summed E-state index contributed by atoms with van der Waals surface area (Å²) in [5.41, 5.74) is 0.555. The molecule has 1 aliphatic carbocycles. The van der Waals surface area contributed by atoms with E-state index in [1.807, 2.05) is 0 Å². The number of carboxylic acid groups (broad SMARTS) is 1. The summed E-state index contributed by atoms with van der Waals surface area (Å²) in [6, 6.07) is 0. The zero-order chi connectivity index (χ0) is 14.4. The van der Waals surface area contributed by atoms with Crippen molar-refractivity contribution in [2.75, 3.05) is 0 Å². The van der Waals surface area contributed by atoms with E-state index in [9.17, 15) is 9.59 Å². The Labute approximate surface area is 118 Å². The summed E-state index contributed by atoms with van der Waals surface area (Å²) < 4.78 is 0. The van der Waals surface area contributed by atoms with E-state index in [0.717, 1.165) is 37.7 Å². The highest BCUT2D eigenvalue weighted by molar-refractivity contribution is 5.78. The van der Waals surface area contributed by atoms with Crippen molar-refractivity contribution in [3.05, 3.63) is 18.0 Å². The lowest BCUT2D eigenvalue weighted by molar-refractivity contribution is -0.141. The first-order valence-electron chi connectivity index (χ1n) is 7.06. The molecular weight excluding hydrogens is 258 g/mol. The van der Waals surface area contributed by atoms with E-state index in [1.165, 1.54) is 0 Å². The molecule has 2 rings (SSSR count). The third-order valence-electron chi connectivity index (χ3n) is 4.02. The van der Waals surface area contributed by atoms with Crippen LogP contribution in [0.1, 0.15) is 50.5 Å². The summed E-state index contributed by atoms with van der Waals surface area (Å²) >= 11 is 0. The minimum absolute atomic E-state index is 0.0747. The van der Waals surface area contributed by atoms with Gasteiger partial charge in [0.2, 0.25) is 5.91 Å². The van der Waals surface area contributed by atoms with E-state index in [1.54, 1.807) is 12.4 Å². The van der Waals surface area contributed by atoms with E-state index < -0.39 is 5.97 Å².